The van der Waals surface area contributed by atoms with E-state index in [1.54, 1.807) is 18.5 Å². The van der Waals surface area contributed by atoms with Gasteiger partial charge in [-0.15, -0.1) is 10.2 Å². The summed E-state index contributed by atoms with van der Waals surface area (Å²) in [6.45, 7) is 9.22. The molecule has 0 saturated carbocycles. The molecule has 146 valence electrons. The van der Waals surface area contributed by atoms with Crippen molar-refractivity contribution >= 4 is 17.6 Å². The molecule has 0 saturated heterocycles. The van der Waals surface area contributed by atoms with Crippen molar-refractivity contribution in [1.82, 2.24) is 25.4 Å². The minimum absolute atomic E-state index is 0.152. The van der Waals surface area contributed by atoms with Crippen molar-refractivity contribution in [3.8, 4) is 0 Å². The Hall–Kier alpha value is -2.90. The molecule has 0 aliphatic heterocycles. The Balaban J connectivity index is 2.04. The lowest BCUT2D eigenvalue weighted by Crippen LogP contribution is -2.33. The van der Waals surface area contributed by atoms with Gasteiger partial charge in [0.05, 0.1) is 6.04 Å². The molecule has 27 heavy (non-hydrogen) atoms. The van der Waals surface area contributed by atoms with E-state index >= 15 is 0 Å². The molecule has 0 unspecified atom stereocenters. The van der Waals surface area contributed by atoms with E-state index in [1.807, 2.05) is 31.4 Å². The van der Waals surface area contributed by atoms with E-state index in [9.17, 15) is 9.59 Å². The number of carbonyl (C=O) groups is 2. The zero-order valence-electron chi connectivity index (χ0n) is 16.4. The van der Waals surface area contributed by atoms with Crippen LogP contribution in [0, 0.1) is 6.92 Å². The highest BCUT2D eigenvalue weighted by Gasteiger charge is 2.16. The van der Waals surface area contributed by atoms with Gasteiger partial charge in [-0.3, -0.25) is 4.79 Å². The van der Waals surface area contributed by atoms with Crippen LogP contribution in [-0.4, -0.2) is 33.2 Å². The summed E-state index contributed by atoms with van der Waals surface area (Å²) in [5.41, 5.74) is 1.98. The van der Waals surface area contributed by atoms with Crippen LogP contribution >= 0.6 is 0 Å². The Kier molecular flexibility index (Phi) is 7.34. The molecule has 2 aromatic rings. The van der Waals surface area contributed by atoms with Crippen LogP contribution in [0.3, 0.4) is 0 Å². The number of nitrogens with one attached hydrogen (secondary N) is 3. The number of carbonyl (C=O) groups excluding carboxylic acids is 2. The number of hydrogen-bond donors (Lipinski definition) is 3. The molecule has 3 N–H and O–H groups in total. The average Bonchev–Trinajstić information content (AvgIpc) is 3.10. The Bertz CT molecular complexity index is 786. The third kappa shape index (κ3) is 5.54. The van der Waals surface area contributed by atoms with Crippen molar-refractivity contribution in [2.45, 2.75) is 53.1 Å². The molecule has 0 aliphatic rings. The maximum atomic E-state index is 12.4. The third-order valence-electron chi connectivity index (χ3n) is 4.13. The molecule has 8 nitrogen and oxygen atoms in total. The van der Waals surface area contributed by atoms with Gasteiger partial charge in [-0.05, 0) is 44.4 Å². The summed E-state index contributed by atoms with van der Waals surface area (Å²) < 4.78 is 1.93. The van der Waals surface area contributed by atoms with Gasteiger partial charge in [0.25, 0.3) is 5.91 Å². The first-order valence-corrected chi connectivity index (χ1v) is 9.30. The van der Waals surface area contributed by atoms with Crippen LogP contribution in [0.1, 0.15) is 61.4 Å². The van der Waals surface area contributed by atoms with Crippen LogP contribution in [-0.2, 0) is 6.54 Å². The second-order valence-electron chi connectivity index (χ2n) is 6.49. The fraction of sp³-hybridized carbons (Fsp3) is 0.474. The van der Waals surface area contributed by atoms with E-state index in [0.717, 1.165) is 24.9 Å². The minimum Gasteiger partial charge on any atom is -0.352 e. The summed E-state index contributed by atoms with van der Waals surface area (Å²) >= 11 is 0. The number of amides is 3. The summed E-state index contributed by atoms with van der Waals surface area (Å²) in [4.78, 5) is 24.5. The molecule has 1 heterocycles. The lowest BCUT2D eigenvalue weighted by molar-refractivity contribution is 0.0953. The van der Waals surface area contributed by atoms with Crippen LogP contribution in [0.15, 0.2) is 24.5 Å². The number of urea groups is 1. The van der Waals surface area contributed by atoms with Crippen LogP contribution < -0.4 is 16.0 Å². The number of benzene rings is 1. The number of aryl methyl sites for hydroxylation is 2. The van der Waals surface area contributed by atoms with Gasteiger partial charge in [-0.25, -0.2) is 4.79 Å². The van der Waals surface area contributed by atoms with Crippen LogP contribution in [0.4, 0.5) is 10.5 Å². The summed E-state index contributed by atoms with van der Waals surface area (Å²) in [5, 5.41) is 16.5. The molecule has 1 aromatic carbocycles. The van der Waals surface area contributed by atoms with Gasteiger partial charge in [-0.1, -0.05) is 19.9 Å². The van der Waals surface area contributed by atoms with Crippen molar-refractivity contribution in [2.24, 2.45) is 0 Å². The largest absolute Gasteiger partial charge is 0.352 e. The molecular weight excluding hydrogens is 344 g/mol. The van der Waals surface area contributed by atoms with Gasteiger partial charge in [0.2, 0.25) is 0 Å². The van der Waals surface area contributed by atoms with Crippen LogP contribution in [0.5, 0.6) is 0 Å². The molecule has 0 bridgehead atoms. The molecular formula is C19H28N6O2. The summed E-state index contributed by atoms with van der Waals surface area (Å²) in [6.07, 6.45) is 3.49. The van der Waals surface area contributed by atoms with Crippen molar-refractivity contribution in [3.05, 3.63) is 41.5 Å². The number of anilines is 1. The average molecular weight is 372 g/mol. The topological polar surface area (TPSA) is 101 Å². The van der Waals surface area contributed by atoms with E-state index in [-0.39, 0.29) is 18.0 Å². The predicted octanol–water partition coefficient (Wildman–Crippen LogP) is 3.02. The van der Waals surface area contributed by atoms with Crippen molar-refractivity contribution in [2.75, 3.05) is 11.9 Å². The monoisotopic (exact) mass is 372 g/mol. The first-order chi connectivity index (χ1) is 13.0. The van der Waals surface area contributed by atoms with Crippen molar-refractivity contribution in [3.63, 3.8) is 0 Å². The smallest absolute Gasteiger partial charge is 0.319 e. The number of hydrogen-bond acceptors (Lipinski definition) is 4. The number of aromatic nitrogens is 3. The van der Waals surface area contributed by atoms with E-state index in [1.165, 1.54) is 0 Å². The predicted molar refractivity (Wildman–Crippen MR) is 105 cm³/mol. The van der Waals surface area contributed by atoms with Gasteiger partial charge in [0, 0.05) is 24.3 Å². The molecule has 0 aliphatic carbocycles. The summed E-state index contributed by atoms with van der Waals surface area (Å²) in [7, 11) is 0. The Morgan fingerprint density at radius 2 is 2.00 bits per heavy atom. The van der Waals surface area contributed by atoms with Gasteiger partial charge in [0.15, 0.2) is 5.82 Å². The highest BCUT2D eigenvalue weighted by Crippen LogP contribution is 2.18. The van der Waals surface area contributed by atoms with E-state index < -0.39 is 0 Å². The Labute approximate surface area is 159 Å². The van der Waals surface area contributed by atoms with Gasteiger partial charge in [-0.2, -0.15) is 0 Å². The molecule has 8 heteroatoms. The van der Waals surface area contributed by atoms with Crippen LogP contribution in [0.25, 0.3) is 0 Å². The second-order valence-corrected chi connectivity index (χ2v) is 6.49. The Morgan fingerprint density at radius 1 is 1.22 bits per heavy atom. The van der Waals surface area contributed by atoms with E-state index in [2.05, 4.69) is 33.1 Å². The molecule has 0 fully saturated rings. The maximum absolute atomic E-state index is 12.4. The highest BCUT2D eigenvalue weighted by molar-refractivity contribution is 5.97. The minimum atomic E-state index is -0.359. The molecule has 1 aromatic heterocycles. The first-order valence-electron chi connectivity index (χ1n) is 9.30. The van der Waals surface area contributed by atoms with Crippen molar-refractivity contribution < 1.29 is 9.59 Å². The second kappa shape index (κ2) is 9.70. The zero-order chi connectivity index (χ0) is 19.8. The lowest BCUT2D eigenvalue weighted by atomic mass is 10.1. The van der Waals surface area contributed by atoms with Gasteiger partial charge < -0.3 is 20.5 Å². The lowest BCUT2D eigenvalue weighted by Gasteiger charge is -2.16. The molecule has 1 atom stereocenters. The summed E-state index contributed by atoms with van der Waals surface area (Å²) in [6, 6.07) is 4.60. The van der Waals surface area contributed by atoms with E-state index in [4.69, 9.17) is 0 Å². The molecule has 2 rings (SSSR count). The summed E-state index contributed by atoms with van der Waals surface area (Å²) in [5.74, 6) is 0.553. The fourth-order valence-corrected chi connectivity index (χ4v) is 2.67. The van der Waals surface area contributed by atoms with Gasteiger partial charge >= 0.3 is 6.03 Å². The normalized spacial score (nSPS) is 11.7. The highest BCUT2D eigenvalue weighted by atomic mass is 16.2. The number of rotatable bonds is 8. The first kappa shape index (κ1) is 20.4. The maximum Gasteiger partial charge on any atom is 0.319 e. The molecule has 0 spiro atoms. The van der Waals surface area contributed by atoms with E-state index in [0.29, 0.717) is 23.6 Å². The quantitative estimate of drug-likeness (QED) is 0.663. The zero-order valence-corrected chi connectivity index (χ0v) is 16.4. The fourth-order valence-electron chi connectivity index (χ4n) is 2.67. The SMILES string of the molecule is CCCNC(=O)c1ccc(C)c(NC(=O)N[C@@H](C)c2nncn2CCC)c1. The van der Waals surface area contributed by atoms with Crippen molar-refractivity contribution in [1.29, 1.82) is 0 Å². The molecule has 3 amide bonds. The standard InChI is InChI=1S/C19H28N6O2/c1-5-9-20-18(26)15-8-7-13(3)16(11-15)23-19(27)22-14(4)17-24-21-12-25(17)10-6-2/h7-8,11-12,14H,5-6,9-10H2,1-4H3,(H,20,26)(H2,22,23,27)/t14-/m0/s1. The third-order valence-corrected chi connectivity index (χ3v) is 4.13. The Morgan fingerprint density at radius 3 is 2.70 bits per heavy atom. The van der Waals surface area contributed by atoms with Gasteiger partial charge in [0.1, 0.15) is 6.33 Å². The van der Waals surface area contributed by atoms with Crippen LogP contribution in [0.2, 0.25) is 0 Å². The molecule has 0 radical (unpaired) electrons. The number of nitrogens with zero attached hydrogens (tertiary/aromatic N) is 3.